The van der Waals surface area contributed by atoms with Gasteiger partial charge in [0.05, 0.1) is 21.9 Å². The fourth-order valence-electron chi connectivity index (χ4n) is 4.00. The van der Waals surface area contributed by atoms with Crippen molar-refractivity contribution in [2.45, 2.75) is 51.6 Å². The topological polar surface area (TPSA) is 111 Å². The lowest BCUT2D eigenvalue weighted by Crippen LogP contribution is -2.28. The van der Waals surface area contributed by atoms with Gasteiger partial charge in [0, 0.05) is 18.0 Å². The molecule has 4 N–H and O–H groups in total. The minimum absolute atomic E-state index is 0.0896. The maximum Gasteiger partial charge on any atom is 0.224 e. The van der Waals surface area contributed by atoms with E-state index in [2.05, 4.69) is 20.2 Å². The maximum absolute atomic E-state index is 11.6. The van der Waals surface area contributed by atoms with E-state index < -0.39 is 0 Å². The first kappa shape index (κ1) is 21.6. The second-order valence-electron chi connectivity index (χ2n) is 8.14. The van der Waals surface area contributed by atoms with E-state index in [4.69, 9.17) is 38.9 Å². The lowest BCUT2D eigenvalue weighted by atomic mass is 9.85. The first-order valence-electron chi connectivity index (χ1n) is 10.4. The van der Waals surface area contributed by atoms with Crippen LogP contribution in [-0.2, 0) is 4.79 Å². The fraction of sp³-hybridized carbons (Fsp3) is 0.429. The number of halogens is 2. The van der Waals surface area contributed by atoms with Crippen LogP contribution in [0.3, 0.4) is 0 Å². The molecule has 4 rings (SSSR count). The quantitative estimate of drug-likeness (QED) is 0.480. The van der Waals surface area contributed by atoms with Gasteiger partial charge in [-0.05, 0) is 51.7 Å². The molecule has 3 aromatic rings. The van der Waals surface area contributed by atoms with Crippen LogP contribution in [0.1, 0.15) is 45.6 Å². The molecule has 1 saturated carbocycles. The number of nitrogens with two attached hydrogens (primary N) is 1. The van der Waals surface area contributed by atoms with E-state index in [9.17, 15) is 4.79 Å². The van der Waals surface area contributed by atoms with Crippen LogP contribution in [0, 0.1) is 5.92 Å². The molecule has 1 amide bonds. The number of primary amides is 1. The molecule has 1 aliphatic rings. The third kappa shape index (κ3) is 4.55. The number of amides is 1. The van der Waals surface area contributed by atoms with Gasteiger partial charge in [0.2, 0.25) is 17.8 Å². The van der Waals surface area contributed by atoms with Gasteiger partial charge in [0.1, 0.15) is 5.52 Å². The third-order valence-corrected chi connectivity index (χ3v) is 6.14. The van der Waals surface area contributed by atoms with Gasteiger partial charge in [-0.25, -0.2) is 9.97 Å². The lowest BCUT2D eigenvalue weighted by Gasteiger charge is -2.29. The van der Waals surface area contributed by atoms with Crippen molar-refractivity contribution in [2.24, 2.45) is 11.7 Å². The van der Waals surface area contributed by atoms with Gasteiger partial charge in [-0.1, -0.05) is 29.3 Å². The molecule has 2 heterocycles. The van der Waals surface area contributed by atoms with Crippen molar-refractivity contribution >= 4 is 57.9 Å². The highest BCUT2D eigenvalue weighted by atomic mass is 35.5. The highest BCUT2D eigenvalue weighted by molar-refractivity contribution is 6.39. The Bertz CT molecular complexity index is 1090. The predicted molar refractivity (Wildman–Crippen MR) is 124 cm³/mol. The molecule has 1 fully saturated rings. The molecule has 10 heteroatoms. The molecule has 1 aromatic carbocycles. The Hall–Kier alpha value is -2.58. The summed E-state index contributed by atoms with van der Waals surface area (Å²) in [6.45, 7) is 4.06. The standard InChI is InChI=1S/C21H25Cl2N7O/c1-11(2)26-20-25-10-16-19(29-20)30(13-8-6-12(7-9-13)18(24)31)21(27-16)28-17-14(22)4-3-5-15(17)23/h3-5,10-13H,6-9H2,1-2H3,(H2,24,31)(H,27,28)(H,25,26,29)/t12-,13-. The number of carbonyl (C=O) groups excluding carboxylic acids is 1. The van der Waals surface area contributed by atoms with Crippen molar-refractivity contribution in [1.29, 1.82) is 0 Å². The number of carbonyl (C=O) groups is 1. The molecular weight excluding hydrogens is 437 g/mol. The third-order valence-electron chi connectivity index (χ3n) is 5.51. The van der Waals surface area contributed by atoms with Crippen LogP contribution in [0.5, 0.6) is 0 Å². The molecular formula is C21H25Cl2N7O. The molecule has 0 saturated heterocycles. The van der Waals surface area contributed by atoms with E-state index in [0.717, 1.165) is 25.7 Å². The van der Waals surface area contributed by atoms with E-state index in [1.54, 1.807) is 24.4 Å². The Morgan fingerprint density at radius 3 is 2.45 bits per heavy atom. The second kappa shape index (κ2) is 8.88. The monoisotopic (exact) mass is 461 g/mol. The molecule has 0 radical (unpaired) electrons. The van der Waals surface area contributed by atoms with E-state index in [0.29, 0.717) is 38.8 Å². The van der Waals surface area contributed by atoms with Gasteiger partial charge in [-0.15, -0.1) is 0 Å². The molecule has 0 bridgehead atoms. The summed E-state index contributed by atoms with van der Waals surface area (Å²) in [5.41, 5.74) is 7.49. The molecule has 8 nitrogen and oxygen atoms in total. The minimum atomic E-state index is -0.235. The van der Waals surface area contributed by atoms with Gasteiger partial charge >= 0.3 is 0 Å². The number of imidazole rings is 1. The fourth-order valence-corrected chi connectivity index (χ4v) is 4.49. The summed E-state index contributed by atoms with van der Waals surface area (Å²) in [5, 5.41) is 7.53. The first-order chi connectivity index (χ1) is 14.8. The van der Waals surface area contributed by atoms with Crippen LogP contribution in [0.4, 0.5) is 17.6 Å². The number of aromatic nitrogens is 4. The Balaban J connectivity index is 1.77. The van der Waals surface area contributed by atoms with Crippen molar-refractivity contribution in [2.75, 3.05) is 10.6 Å². The number of nitrogens with zero attached hydrogens (tertiary/aromatic N) is 4. The number of hydrogen-bond donors (Lipinski definition) is 3. The van der Waals surface area contributed by atoms with E-state index in [1.165, 1.54) is 0 Å². The summed E-state index contributed by atoms with van der Waals surface area (Å²) in [6.07, 6.45) is 4.75. The highest BCUT2D eigenvalue weighted by Crippen LogP contribution is 2.39. The number of anilines is 3. The maximum atomic E-state index is 11.6. The molecule has 31 heavy (non-hydrogen) atoms. The molecule has 0 aliphatic heterocycles. The minimum Gasteiger partial charge on any atom is -0.369 e. The zero-order valence-corrected chi connectivity index (χ0v) is 18.9. The van der Waals surface area contributed by atoms with E-state index in [-0.39, 0.29) is 23.9 Å². The average molecular weight is 462 g/mol. The molecule has 0 spiro atoms. The number of rotatable bonds is 6. The molecule has 1 aliphatic carbocycles. The summed E-state index contributed by atoms with van der Waals surface area (Å²) in [5.74, 6) is 0.800. The number of hydrogen-bond acceptors (Lipinski definition) is 6. The van der Waals surface area contributed by atoms with Gasteiger partial charge in [-0.3, -0.25) is 9.36 Å². The van der Waals surface area contributed by atoms with Crippen LogP contribution in [-0.4, -0.2) is 31.5 Å². The summed E-state index contributed by atoms with van der Waals surface area (Å²) in [4.78, 5) is 25.5. The largest absolute Gasteiger partial charge is 0.369 e. The number of para-hydroxylation sites is 1. The second-order valence-corrected chi connectivity index (χ2v) is 8.95. The van der Waals surface area contributed by atoms with Crippen LogP contribution in [0.2, 0.25) is 10.0 Å². The SMILES string of the molecule is CC(C)Nc1ncc2nc(Nc3c(Cl)cccc3Cl)n([C@H]3CC[C@H](C(N)=O)CC3)c2n1. The molecule has 0 atom stereocenters. The lowest BCUT2D eigenvalue weighted by molar-refractivity contribution is -0.122. The Morgan fingerprint density at radius 1 is 1.16 bits per heavy atom. The Labute approximate surface area is 190 Å². The normalized spacial score (nSPS) is 19.0. The van der Waals surface area contributed by atoms with Crippen LogP contribution in [0.25, 0.3) is 11.2 Å². The zero-order valence-electron chi connectivity index (χ0n) is 17.4. The summed E-state index contributed by atoms with van der Waals surface area (Å²) < 4.78 is 2.07. The van der Waals surface area contributed by atoms with Crippen molar-refractivity contribution in [3.63, 3.8) is 0 Å². The smallest absolute Gasteiger partial charge is 0.224 e. The molecule has 2 aromatic heterocycles. The van der Waals surface area contributed by atoms with Gasteiger partial charge in [0.25, 0.3) is 0 Å². The highest BCUT2D eigenvalue weighted by Gasteiger charge is 2.29. The summed E-state index contributed by atoms with van der Waals surface area (Å²) in [6, 6.07) is 5.63. The van der Waals surface area contributed by atoms with Crippen LogP contribution >= 0.6 is 23.2 Å². The van der Waals surface area contributed by atoms with Crippen LogP contribution in [0.15, 0.2) is 24.4 Å². The zero-order chi connectivity index (χ0) is 22.1. The first-order valence-corrected chi connectivity index (χ1v) is 11.1. The van der Waals surface area contributed by atoms with Crippen molar-refractivity contribution in [3.05, 3.63) is 34.4 Å². The average Bonchev–Trinajstić information content (AvgIpc) is 3.07. The molecule has 0 unspecified atom stereocenters. The van der Waals surface area contributed by atoms with Gasteiger partial charge < -0.3 is 16.4 Å². The van der Waals surface area contributed by atoms with E-state index >= 15 is 0 Å². The van der Waals surface area contributed by atoms with Crippen molar-refractivity contribution < 1.29 is 4.79 Å². The number of benzene rings is 1. The van der Waals surface area contributed by atoms with Gasteiger partial charge in [0.15, 0.2) is 5.65 Å². The van der Waals surface area contributed by atoms with Crippen molar-refractivity contribution in [3.8, 4) is 0 Å². The number of fused-ring (bicyclic) bond motifs is 1. The van der Waals surface area contributed by atoms with Crippen LogP contribution < -0.4 is 16.4 Å². The Kier molecular flexibility index (Phi) is 6.20. The van der Waals surface area contributed by atoms with Gasteiger partial charge in [-0.2, -0.15) is 4.98 Å². The predicted octanol–water partition coefficient (Wildman–Crippen LogP) is 4.91. The Morgan fingerprint density at radius 2 is 1.84 bits per heavy atom. The summed E-state index contributed by atoms with van der Waals surface area (Å²) in [7, 11) is 0. The van der Waals surface area contributed by atoms with E-state index in [1.807, 2.05) is 13.8 Å². The summed E-state index contributed by atoms with van der Waals surface area (Å²) >= 11 is 12.8. The molecule has 164 valence electrons. The number of nitrogens with one attached hydrogen (secondary N) is 2. The van der Waals surface area contributed by atoms with Crippen molar-refractivity contribution in [1.82, 2.24) is 19.5 Å².